The highest BCUT2D eigenvalue weighted by Crippen LogP contribution is 2.06. The SMILES string of the molecule is CC(Cn1cncc1CNC(C)(C)C)N(C)C. The minimum atomic E-state index is 0.141. The Morgan fingerprint density at radius 2 is 2.06 bits per heavy atom. The molecule has 1 aromatic heterocycles. The summed E-state index contributed by atoms with van der Waals surface area (Å²) in [5.74, 6) is 0. The lowest BCUT2D eigenvalue weighted by atomic mass is 10.1. The topological polar surface area (TPSA) is 33.1 Å². The van der Waals surface area contributed by atoms with Gasteiger partial charge in [0.2, 0.25) is 0 Å². The number of hydrogen-bond donors (Lipinski definition) is 1. The Morgan fingerprint density at radius 3 is 2.59 bits per heavy atom. The van der Waals surface area contributed by atoms with Gasteiger partial charge < -0.3 is 14.8 Å². The molecule has 0 saturated heterocycles. The maximum absolute atomic E-state index is 4.24. The quantitative estimate of drug-likeness (QED) is 0.848. The van der Waals surface area contributed by atoms with Crippen molar-refractivity contribution in [2.45, 2.75) is 52.4 Å². The summed E-state index contributed by atoms with van der Waals surface area (Å²) in [5, 5.41) is 3.49. The normalized spacial score (nSPS) is 14.3. The van der Waals surface area contributed by atoms with Gasteiger partial charge in [0.25, 0.3) is 0 Å². The average molecular weight is 238 g/mol. The highest BCUT2D eigenvalue weighted by Gasteiger charge is 2.12. The third kappa shape index (κ3) is 4.88. The zero-order valence-electron chi connectivity index (χ0n) is 12.0. The molecule has 0 bridgehead atoms. The molecule has 1 rings (SSSR count). The van der Waals surface area contributed by atoms with Gasteiger partial charge in [-0.3, -0.25) is 0 Å². The number of aromatic nitrogens is 2. The Bertz CT molecular complexity index is 335. The van der Waals surface area contributed by atoms with Crippen LogP contribution in [-0.4, -0.2) is 40.1 Å². The van der Waals surface area contributed by atoms with E-state index in [0.717, 1.165) is 13.1 Å². The van der Waals surface area contributed by atoms with E-state index in [1.54, 1.807) is 0 Å². The van der Waals surface area contributed by atoms with E-state index in [9.17, 15) is 0 Å². The van der Waals surface area contributed by atoms with E-state index in [1.807, 2.05) is 12.5 Å². The smallest absolute Gasteiger partial charge is 0.0949 e. The molecule has 1 heterocycles. The Balaban J connectivity index is 2.60. The van der Waals surface area contributed by atoms with E-state index >= 15 is 0 Å². The fourth-order valence-electron chi connectivity index (χ4n) is 1.46. The van der Waals surface area contributed by atoms with Gasteiger partial charge >= 0.3 is 0 Å². The van der Waals surface area contributed by atoms with Crippen molar-refractivity contribution in [3.05, 3.63) is 18.2 Å². The van der Waals surface area contributed by atoms with Crippen LogP contribution < -0.4 is 5.32 Å². The minimum Gasteiger partial charge on any atom is -0.332 e. The molecule has 1 N–H and O–H groups in total. The largest absolute Gasteiger partial charge is 0.332 e. The first-order chi connectivity index (χ1) is 7.79. The van der Waals surface area contributed by atoms with Gasteiger partial charge in [-0.25, -0.2) is 4.98 Å². The van der Waals surface area contributed by atoms with Crippen molar-refractivity contribution < 1.29 is 0 Å². The van der Waals surface area contributed by atoms with E-state index in [4.69, 9.17) is 0 Å². The van der Waals surface area contributed by atoms with Crippen molar-refractivity contribution in [3.8, 4) is 0 Å². The summed E-state index contributed by atoms with van der Waals surface area (Å²) in [6.07, 6.45) is 3.86. The average Bonchev–Trinajstić information content (AvgIpc) is 2.61. The van der Waals surface area contributed by atoms with Gasteiger partial charge in [-0.1, -0.05) is 0 Å². The Morgan fingerprint density at radius 1 is 1.41 bits per heavy atom. The molecule has 0 aromatic carbocycles. The lowest BCUT2D eigenvalue weighted by Crippen LogP contribution is -2.36. The van der Waals surface area contributed by atoms with Crippen LogP contribution in [0, 0.1) is 0 Å². The molecule has 17 heavy (non-hydrogen) atoms. The molecule has 0 aliphatic carbocycles. The summed E-state index contributed by atoms with van der Waals surface area (Å²) in [6, 6.07) is 0.512. The molecule has 4 nitrogen and oxygen atoms in total. The Hall–Kier alpha value is -0.870. The number of nitrogens with zero attached hydrogens (tertiary/aromatic N) is 3. The monoisotopic (exact) mass is 238 g/mol. The fraction of sp³-hybridized carbons (Fsp3) is 0.769. The number of imidazole rings is 1. The summed E-state index contributed by atoms with van der Waals surface area (Å²) >= 11 is 0. The maximum Gasteiger partial charge on any atom is 0.0949 e. The molecule has 0 amide bonds. The van der Waals surface area contributed by atoms with Gasteiger partial charge in [0.05, 0.1) is 12.0 Å². The van der Waals surface area contributed by atoms with E-state index in [0.29, 0.717) is 6.04 Å². The van der Waals surface area contributed by atoms with Crippen LogP contribution >= 0.6 is 0 Å². The minimum absolute atomic E-state index is 0.141. The third-order valence-electron chi connectivity index (χ3n) is 2.94. The summed E-state index contributed by atoms with van der Waals surface area (Å²) in [7, 11) is 4.21. The second-order valence-electron chi connectivity index (χ2n) is 5.95. The van der Waals surface area contributed by atoms with Gasteiger partial charge in [-0.05, 0) is 41.8 Å². The first kappa shape index (κ1) is 14.2. The molecule has 1 unspecified atom stereocenters. The van der Waals surface area contributed by atoms with Gasteiger partial charge in [0.1, 0.15) is 0 Å². The van der Waals surface area contributed by atoms with Crippen molar-refractivity contribution >= 4 is 0 Å². The molecule has 0 spiro atoms. The van der Waals surface area contributed by atoms with Crippen LogP contribution in [0.5, 0.6) is 0 Å². The number of rotatable bonds is 5. The molecule has 0 aliphatic heterocycles. The molecule has 0 radical (unpaired) electrons. The maximum atomic E-state index is 4.24. The van der Waals surface area contributed by atoms with E-state index < -0.39 is 0 Å². The van der Waals surface area contributed by atoms with Crippen molar-refractivity contribution in [2.24, 2.45) is 0 Å². The van der Waals surface area contributed by atoms with Gasteiger partial charge in [0.15, 0.2) is 0 Å². The summed E-state index contributed by atoms with van der Waals surface area (Å²) in [4.78, 5) is 6.46. The van der Waals surface area contributed by atoms with Crippen LogP contribution in [0.4, 0.5) is 0 Å². The van der Waals surface area contributed by atoms with Gasteiger partial charge in [0, 0.05) is 30.9 Å². The Labute approximate surface area is 105 Å². The second kappa shape index (κ2) is 5.65. The van der Waals surface area contributed by atoms with Crippen molar-refractivity contribution in [3.63, 3.8) is 0 Å². The van der Waals surface area contributed by atoms with Crippen molar-refractivity contribution in [1.29, 1.82) is 0 Å². The molecule has 0 saturated carbocycles. The zero-order valence-corrected chi connectivity index (χ0v) is 12.0. The van der Waals surface area contributed by atoms with Crippen LogP contribution in [0.25, 0.3) is 0 Å². The zero-order chi connectivity index (χ0) is 13.1. The Kier molecular flexibility index (Phi) is 4.71. The lowest BCUT2D eigenvalue weighted by molar-refractivity contribution is 0.280. The summed E-state index contributed by atoms with van der Waals surface area (Å²) in [5.41, 5.74) is 1.39. The van der Waals surface area contributed by atoms with E-state index in [1.165, 1.54) is 5.69 Å². The highest BCUT2D eigenvalue weighted by molar-refractivity contribution is 4.99. The molecule has 4 heteroatoms. The molecule has 0 aliphatic rings. The highest BCUT2D eigenvalue weighted by atomic mass is 15.2. The number of hydrogen-bond acceptors (Lipinski definition) is 3. The van der Waals surface area contributed by atoms with Crippen LogP contribution in [0.15, 0.2) is 12.5 Å². The van der Waals surface area contributed by atoms with Gasteiger partial charge in [-0.2, -0.15) is 0 Å². The summed E-state index contributed by atoms with van der Waals surface area (Å²) in [6.45, 7) is 10.6. The predicted octanol–water partition coefficient (Wildman–Crippen LogP) is 1.72. The molecule has 1 aromatic rings. The molecular weight excluding hydrogens is 212 g/mol. The molecule has 98 valence electrons. The van der Waals surface area contributed by atoms with Crippen molar-refractivity contribution in [2.75, 3.05) is 14.1 Å². The van der Waals surface area contributed by atoms with Crippen molar-refractivity contribution in [1.82, 2.24) is 19.8 Å². The standard InChI is InChI=1S/C13H26N4/c1-11(16(5)6)9-17-10-14-7-12(17)8-15-13(2,3)4/h7,10-11,15H,8-9H2,1-6H3. The van der Waals surface area contributed by atoms with Gasteiger partial charge in [-0.15, -0.1) is 0 Å². The number of likely N-dealkylation sites (N-methyl/N-ethyl adjacent to an activating group) is 1. The van der Waals surface area contributed by atoms with E-state index in [2.05, 4.69) is 61.6 Å². The number of nitrogens with one attached hydrogen (secondary N) is 1. The van der Waals surface area contributed by atoms with Crippen LogP contribution in [0.3, 0.4) is 0 Å². The molecule has 1 atom stereocenters. The lowest BCUT2D eigenvalue weighted by Gasteiger charge is -2.23. The van der Waals surface area contributed by atoms with Crippen LogP contribution in [0.2, 0.25) is 0 Å². The fourth-order valence-corrected chi connectivity index (χ4v) is 1.46. The summed E-state index contributed by atoms with van der Waals surface area (Å²) < 4.78 is 2.23. The molecule has 0 fully saturated rings. The first-order valence-electron chi connectivity index (χ1n) is 6.20. The van der Waals surface area contributed by atoms with E-state index in [-0.39, 0.29) is 5.54 Å². The molecular formula is C13H26N4. The third-order valence-corrected chi connectivity index (χ3v) is 2.94. The first-order valence-corrected chi connectivity index (χ1v) is 6.20. The predicted molar refractivity (Wildman–Crippen MR) is 72.0 cm³/mol. The van der Waals surface area contributed by atoms with Crippen LogP contribution in [0.1, 0.15) is 33.4 Å². The van der Waals surface area contributed by atoms with Crippen LogP contribution in [-0.2, 0) is 13.1 Å². The second-order valence-corrected chi connectivity index (χ2v) is 5.95.